The standard InChI is InChI=1S/C14H19NO3.ClH/c1-18-13(16)14(17,11-7-3-2-4-8-11)12-9-5-6-10-15-12;/h2-4,7-8,12,15,17H,5-6,9-10H2,1H3;1H/t12-,14+;/m0./s1. The molecule has 0 aromatic heterocycles. The van der Waals surface area contributed by atoms with Crippen LogP contribution in [0, 0.1) is 0 Å². The number of methoxy groups -OCH3 is 1. The van der Waals surface area contributed by atoms with Crippen LogP contribution in [0.1, 0.15) is 24.8 Å². The van der Waals surface area contributed by atoms with Crippen molar-refractivity contribution in [3.63, 3.8) is 0 Å². The van der Waals surface area contributed by atoms with Crippen molar-refractivity contribution in [1.82, 2.24) is 5.32 Å². The Bertz CT molecular complexity index is 406. The van der Waals surface area contributed by atoms with E-state index in [0.29, 0.717) is 5.56 Å². The highest BCUT2D eigenvalue weighted by atomic mass is 35.5. The van der Waals surface area contributed by atoms with Gasteiger partial charge in [-0.3, -0.25) is 0 Å². The Hall–Kier alpha value is -1.10. The molecule has 1 fully saturated rings. The van der Waals surface area contributed by atoms with Crippen LogP contribution in [0.25, 0.3) is 0 Å². The van der Waals surface area contributed by atoms with E-state index in [1.54, 1.807) is 12.1 Å². The number of benzene rings is 1. The van der Waals surface area contributed by atoms with Crippen LogP contribution in [0.15, 0.2) is 30.3 Å². The molecule has 1 aliphatic heterocycles. The van der Waals surface area contributed by atoms with E-state index in [2.05, 4.69) is 5.32 Å². The van der Waals surface area contributed by atoms with Crippen molar-refractivity contribution in [2.24, 2.45) is 0 Å². The highest BCUT2D eigenvalue weighted by Crippen LogP contribution is 2.30. The summed E-state index contributed by atoms with van der Waals surface area (Å²) in [6.45, 7) is 0.816. The third-order valence-electron chi connectivity index (χ3n) is 3.53. The van der Waals surface area contributed by atoms with Crippen LogP contribution in [0.3, 0.4) is 0 Å². The van der Waals surface area contributed by atoms with Gasteiger partial charge in [0, 0.05) is 0 Å². The minimum absolute atomic E-state index is 0. The van der Waals surface area contributed by atoms with Gasteiger partial charge < -0.3 is 15.2 Å². The van der Waals surface area contributed by atoms with Crippen molar-refractivity contribution in [2.75, 3.05) is 13.7 Å². The Morgan fingerprint density at radius 1 is 1.37 bits per heavy atom. The molecular formula is C14H20ClNO3. The summed E-state index contributed by atoms with van der Waals surface area (Å²) in [5.41, 5.74) is -1.02. The zero-order chi connectivity index (χ0) is 13.0. The van der Waals surface area contributed by atoms with Crippen molar-refractivity contribution in [1.29, 1.82) is 0 Å². The summed E-state index contributed by atoms with van der Waals surface area (Å²) in [7, 11) is 1.30. The first kappa shape index (κ1) is 16.0. The molecule has 1 heterocycles. The second-order valence-electron chi connectivity index (χ2n) is 4.63. The number of hydrogen-bond donors (Lipinski definition) is 2. The smallest absolute Gasteiger partial charge is 0.344 e. The molecule has 2 rings (SSSR count). The molecule has 4 nitrogen and oxygen atoms in total. The first-order valence-corrected chi connectivity index (χ1v) is 6.29. The number of carbonyl (C=O) groups excluding carboxylic acids is 1. The zero-order valence-corrected chi connectivity index (χ0v) is 11.8. The predicted molar refractivity (Wildman–Crippen MR) is 75.2 cm³/mol. The van der Waals surface area contributed by atoms with E-state index in [4.69, 9.17) is 4.74 Å². The largest absolute Gasteiger partial charge is 0.467 e. The lowest BCUT2D eigenvalue weighted by Crippen LogP contribution is -2.55. The summed E-state index contributed by atoms with van der Waals surface area (Å²) in [4.78, 5) is 12.0. The molecule has 0 amide bonds. The number of carbonyl (C=O) groups is 1. The van der Waals surface area contributed by atoms with E-state index in [1.165, 1.54) is 7.11 Å². The summed E-state index contributed by atoms with van der Waals surface area (Å²) >= 11 is 0. The lowest BCUT2D eigenvalue weighted by Gasteiger charge is -2.37. The molecule has 1 aromatic carbocycles. The van der Waals surface area contributed by atoms with Gasteiger partial charge in [0.15, 0.2) is 0 Å². The molecular weight excluding hydrogens is 266 g/mol. The fourth-order valence-electron chi connectivity index (χ4n) is 2.52. The number of esters is 1. The van der Waals surface area contributed by atoms with E-state index >= 15 is 0 Å². The second kappa shape index (κ2) is 6.89. The van der Waals surface area contributed by atoms with E-state index in [-0.39, 0.29) is 18.4 Å². The molecule has 1 saturated heterocycles. The topological polar surface area (TPSA) is 58.6 Å². The molecule has 0 unspecified atom stereocenters. The van der Waals surface area contributed by atoms with Crippen molar-refractivity contribution in [2.45, 2.75) is 30.9 Å². The molecule has 0 saturated carbocycles. The van der Waals surface area contributed by atoms with Crippen LogP contribution >= 0.6 is 12.4 Å². The Morgan fingerprint density at radius 3 is 2.58 bits per heavy atom. The van der Waals surface area contributed by atoms with Gasteiger partial charge >= 0.3 is 5.97 Å². The Balaban J connectivity index is 0.00000180. The third-order valence-corrected chi connectivity index (χ3v) is 3.53. The van der Waals surface area contributed by atoms with Gasteiger partial charge in [-0.15, -0.1) is 12.4 Å². The monoisotopic (exact) mass is 285 g/mol. The molecule has 0 radical (unpaired) electrons. The second-order valence-corrected chi connectivity index (χ2v) is 4.63. The van der Waals surface area contributed by atoms with Gasteiger partial charge in [-0.25, -0.2) is 4.79 Å². The molecule has 1 aliphatic rings. The predicted octanol–water partition coefficient (Wildman–Crippen LogP) is 1.61. The van der Waals surface area contributed by atoms with Gasteiger partial charge in [0.1, 0.15) is 0 Å². The fraction of sp³-hybridized carbons (Fsp3) is 0.500. The van der Waals surface area contributed by atoms with E-state index < -0.39 is 11.6 Å². The van der Waals surface area contributed by atoms with Crippen molar-refractivity contribution in [3.05, 3.63) is 35.9 Å². The number of hydrogen-bond acceptors (Lipinski definition) is 4. The van der Waals surface area contributed by atoms with E-state index in [9.17, 15) is 9.90 Å². The van der Waals surface area contributed by atoms with Crippen LogP contribution in [0.5, 0.6) is 0 Å². The Kier molecular flexibility index (Phi) is 5.79. The number of nitrogens with one attached hydrogen (secondary N) is 1. The summed E-state index contributed by atoms with van der Waals surface area (Å²) in [6.07, 6.45) is 2.84. The van der Waals surface area contributed by atoms with E-state index in [0.717, 1.165) is 25.8 Å². The van der Waals surface area contributed by atoms with Gasteiger partial charge in [-0.2, -0.15) is 0 Å². The highest BCUT2D eigenvalue weighted by Gasteiger charge is 2.46. The average Bonchev–Trinajstić information content (AvgIpc) is 2.47. The molecule has 0 spiro atoms. The number of rotatable bonds is 3. The summed E-state index contributed by atoms with van der Waals surface area (Å²) in [5.74, 6) is -0.604. The first-order valence-electron chi connectivity index (χ1n) is 6.29. The van der Waals surface area contributed by atoms with Crippen LogP contribution in [-0.2, 0) is 15.1 Å². The lowest BCUT2D eigenvalue weighted by molar-refractivity contribution is -0.168. The van der Waals surface area contributed by atoms with Gasteiger partial charge in [0.25, 0.3) is 0 Å². The Labute approximate surface area is 119 Å². The number of ether oxygens (including phenoxy) is 1. The zero-order valence-electron chi connectivity index (χ0n) is 11.0. The maximum Gasteiger partial charge on any atom is 0.344 e. The Morgan fingerprint density at radius 2 is 2.05 bits per heavy atom. The fourth-order valence-corrected chi connectivity index (χ4v) is 2.52. The van der Waals surface area contributed by atoms with Gasteiger partial charge in [0.2, 0.25) is 5.60 Å². The van der Waals surface area contributed by atoms with Crippen molar-refractivity contribution < 1.29 is 14.6 Å². The average molecular weight is 286 g/mol. The molecule has 2 atom stereocenters. The number of aliphatic hydroxyl groups is 1. The summed E-state index contributed by atoms with van der Waals surface area (Å²) in [6, 6.07) is 8.70. The summed E-state index contributed by atoms with van der Waals surface area (Å²) < 4.78 is 4.79. The number of piperidine rings is 1. The maximum atomic E-state index is 12.0. The normalized spacial score (nSPS) is 21.9. The number of halogens is 1. The molecule has 106 valence electrons. The molecule has 0 bridgehead atoms. The first-order chi connectivity index (χ1) is 8.69. The molecule has 1 aromatic rings. The van der Waals surface area contributed by atoms with Gasteiger partial charge in [-0.1, -0.05) is 36.8 Å². The minimum Gasteiger partial charge on any atom is -0.467 e. The van der Waals surface area contributed by atoms with Gasteiger partial charge in [0.05, 0.1) is 13.2 Å². The maximum absolute atomic E-state index is 12.0. The van der Waals surface area contributed by atoms with Crippen molar-refractivity contribution >= 4 is 18.4 Å². The van der Waals surface area contributed by atoms with E-state index in [1.807, 2.05) is 18.2 Å². The lowest BCUT2D eigenvalue weighted by atomic mass is 9.82. The molecule has 0 aliphatic carbocycles. The van der Waals surface area contributed by atoms with Crippen LogP contribution in [-0.4, -0.2) is 30.8 Å². The highest BCUT2D eigenvalue weighted by molar-refractivity contribution is 5.85. The minimum atomic E-state index is -1.60. The van der Waals surface area contributed by atoms with Crippen LogP contribution < -0.4 is 5.32 Å². The third kappa shape index (κ3) is 3.08. The molecule has 19 heavy (non-hydrogen) atoms. The van der Waals surface area contributed by atoms with Crippen LogP contribution in [0.4, 0.5) is 0 Å². The molecule has 2 N–H and O–H groups in total. The SMILES string of the molecule is COC(=O)[C@@](O)(c1ccccc1)[C@@H]1CCCCN1.Cl. The molecule has 5 heteroatoms. The summed E-state index contributed by atoms with van der Waals surface area (Å²) in [5, 5.41) is 14.1. The van der Waals surface area contributed by atoms with Crippen LogP contribution in [0.2, 0.25) is 0 Å². The van der Waals surface area contributed by atoms with Crippen molar-refractivity contribution in [3.8, 4) is 0 Å². The quantitative estimate of drug-likeness (QED) is 0.829. The van der Waals surface area contributed by atoms with Gasteiger partial charge in [-0.05, 0) is 24.9 Å².